The van der Waals surface area contributed by atoms with Crippen molar-refractivity contribution in [3.05, 3.63) is 0 Å². The highest BCUT2D eigenvalue weighted by atomic mass is 16.4. The number of aliphatic carboxylic acids is 1. The van der Waals surface area contributed by atoms with Crippen molar-refractivity contribution in [2.45, 2.75) is 39.5 Å². The van der Waals surface area contributed by atoms with Gasteiger partial charge in [0, 0.05) is 6.42 Å². The topological polar surface area (TPSA) is 49.3 Å². The Morgan fingerprint density at radius 2 is 1.92 bits per heavy atom. The van der Waals surface area contributed by atoms with E-state index in [-0.39, 0.29) is 6.42 Å². The van der Waals surface area contributed by atoms with Crippen LogP contribution < -0.4 is 5.32 Å². The second-order valence-electron chi connectivity index (χ2n) is 3.78. The van der Waals surface area contributed by atoms with Gasteiger partial charge in [-0.2, -0.15) is 0 Å². The molecule has 0 atom stereocenters. The predicted molar refractivity (Wildman–Crippen MR) is 53.8 cm³/mol. The third-order valence-electron chi connectivity index (χ3n) is 1.88. The molecule has 0 aliphatic heterocycles. The molecule has 3 nitrogen and oxygen atoms in total. The Kier molecular flexibility index (Phi) is 7.69. The zero-order chi connectivity index (χ0) is 10.1. The van der Waals surface area contributed by atoms with E-state index >= 15 is 0 Å². The summed E-state index contributed by atoms with van der Waals surface area (Å²) in [6.45, 7) is 6.26. The number of carbonyl (C=O) groups is 1. The molecule has 0 spiro atoms. The van der Waals surface area contributed by atoms with Gasteiger partial charge in [-0.05, 0) is 38.3 Å². The van der Waals surface area contributed by atoms with Crippen molar-refractivity contribution in [2.24, 2.45) is 5.92 Å². The van der Waals surface area contributed by atoms with Gasteiger partial charge in [0.15, 0.2) is 0 Å². The minimum atomic E-state index is -0.705. The molecule has 0 fully saturated rings. The zero-order valence-corrected chi connectivity index (χ0v) is 8.68. The summed E-state index contributed by atoms with van der Waals surface area (Å²) >= 11 is 0. The number of nitrogens with one attached hydrogen (secondary N) is 1. The van der Waals surface area contributed by atoms with Crippen molar-refractivity contribution in [3.63, 3.8) is 0 Å². The van der Waals surface area contributed by atoms with Crippen LogP contribution in [0.2, 0.25) is 0 Å². The average molecular weight is 187 g/mol. The Morgan fingerprint density at radius 1 is 1.31 bits per heavy atom. The summed E-state index contributed by atoms with van der Waals surface area (Å²) in [5, 5.41) is 11.6. The smallest absolute Gasteiger partial charge is 0.303 e. The van der Waals surface area contributed by atoms with Crippen molar-refractivity contribution in [3.8, 4) is 0 Å². The highest BCUT2D eigenvalue weighted by Crippen LogP contribution is 2.01. The molecule has 0 bridgehead atoms. The summed E-state index contributed by atoms with van der Waals surface area (Å²) in [5.74, 6) is 0.0600. The van der Waals surface area contributed by atoms with Crippen molar-refractivity contribution in [1.29, 1.82) is 0 Å². The highest BCUT2D eigenvalue weighted by molar-refractivity contribution is 5.66. The maximum atomic E-state index is 10.1. The van der Waals surface area contributed by atoms with Crippen LogP contribution in [-0.4, -0.2) is 24.2 Å². The lowest BCUT2D eigenvalue weighted by molar-refractivity contribution is -0.137. The number of rotatable bonds is 8. The minimum Gasteiger partial charge on any atom is -0.481 e. The standard InChI is InChI=1S/C10H21NO2/c1-9(2)5-3-7-11-8-4-6-10(12)13/h9,11H,3-8H2,1-2H3,(H,12,13). The van der Waals surface area contributed by atoms with Crippen molar-refractivity contribution < 1.29 is 9.90 Å². The molecule has 0 radical (unpaired) electrons. The van der Waals surface area contributed by atoms with Gasteiger partial charge in [0.05, 0.1) is 0 Å². The van der Waals surface area contributed by atoms with Crippen LogP contribution in [0.25, 0.3) is 0 Å². The number of carboxylic acids is 1. The third-order valence-corrected chi connectivity index (χ3v) is 1.88. The Morgan fingerprint density at radius 3 is 2.46 bits per heavy atom. The molecule has 0 heterocycles. The third kappa shape index (κ3) is 11.4. The van der Waals surface area contributed by atoms with Gasteiger partial charge < -0.3 is 10.4 Å². The molecular formula is C10H21NO2. The van der Waals surface area contributed by atoms with E-state index < -0.39 is 5.97 Å². The fraction of sp³-hybridized carbons (Fsp3) is 0.900. The van der Waals surface area contributed by atoms with Gasteiger partial charge in [-0.1, -0.05) is 13.8 Å². The van der Waals surface area contributed by atoms with E-state index in [1.807, 2.05) is 0 Å². The van der Waals surface area contributed by atoms with Gasteiger partial charge in [0.25, 0.3) is 0 Å². The van der Waals surface area contributed by atoms with E-state index in [9.17, 15) is 4.79 Å². The molecule has 0 aliphatic carbocycles. The van der Waals surface area contributed by atoms with E-state index in [0.29, 0.717) is 0 Å². The van der Waals surface area contributed by atoms with E-state index in [2.05, 4.69) is 19.2 Å². The van der Waals surface area contributed by atoms with Crippen molar-refractivity contribution in [1.82, 2.24) is 5.32 Å². The first-order valence-corrected chi connectivity index (χ1v) is 5.05. The van der Waals surface area contributed by atoms with Crippen molar-refractivity contribution >= 4 is 5.97 Å². The first-order chi connectivity index (χ1) is 6.13. The van der Waals surface area contributed by atoms with Crippen LogP contribution in [0.4, 0.5) is 0 Å². The van der Waals surface area contributed by atoms with Gasteiger partial charge in [0.2, 0.25) is 0 Å². The van der Waals surface area contributed by atoms with E-state index in [1.165, 1.54) is 12.8 Å². The SMILES string of the molecule is CC(C)CCCNCCCC(=O)O. The largest absolute Gasteiger partial charge is 0.481 e. The Labute approximate surface area is 80.5 Å². The number of hydrogen-bond acceptors (Lipinski definition) is 2. The van der Waals surface area contributed by atoms with E-state index in [4.69, 9.17) is 5.11 Å². The summed E-state index contributed by atoms with van der Waals surface area (Å²) < 4.78 is 0. The van der Waals surface area contributed by atoms with Crippen LogP contribution in [0.3, 0.4) is 0 Å². The molecule has 0 rings (SSSR count). The average Bonchev–Trinajstić information content (AvgIpc) is 2.01. The molecular weight excluding hydrogens is 166 g/mol. The molecule has 0 aliphatic rings. The lowest BCUT2D eigenvalue weighted by atomic mass is 10.1. The quantitative estimate of drug-likeness (QED) is 0.570. The van der Waals surface area contributed by atoms with Crippen molar-refractivity contribution in [2.75, 3.05) is 13.1 Å². The molecule has 0 amide bonds. The number of carboxylic acid groups (broad SMARTS) is 1. The van der Waals surface area contributed by atoms with Gasteiger partial charge in [-0.3, -0.25) is 4.79 Å². The molecule has 13 heavy (non-hydrogen) atoms. The molecule has 2 N–H and O–H groups in total. The fourth-order valence-electron chi connectivity index (χ4n) is 1.12. The maximum Gasteiger partial charge on any atom is 0.303 e. The van der Waals surface area contributed by atoms with Gasteiger partial charge in [-0.15, -0.1) is 0 Å². The predicted octanol–water partition coefficient (Wildman–Crippen LogP) is 1.88. The monoisotopic (exact) mass is 187 g/mol. The van der Waals surface area contributed by atoms with Crippen LogP contribution in [0.5, 0.6) is 0 Å². The summed E-state index contributed by atoms with van der Waals surface area (Å²) in [6, 6.07) is 0. The Balaban J connectivity index is 2.96. The van der Waals surface area contributed by atoms with Crippen LogP contribution in [-0.2, 0) is 4.79 Å². The normalized spacial score (nSPS) is 10.7. The summed E-state index contributed by atoms with van der Waals surface area (Å²) in [7, 11) is 0. The van der Waals surface area contributed by atoms with Crippen LogP contribution >= 0.6 is 0 Å². The summed E-state index contributed by atoms with van der Waals surface area (Å²) in [5.41, 5.74) is 0. The van der Waals surface area contributed by atoms with E-state index in [1.54, 1.807) is 0 Å². The van der Waals surface area contributed by atoms with E-state index in [0.717, 1.165) is 25.4 Å². The summed E-state index contributed by atoms with van der Waals surface area (Å²) in [4.78, 5) is 10.1. The number of hydrogen-bond donors (Lipinski definition) is 2. The second kappa shape index (κ2) is 8.05. The van der Waals surface area contributed by atoms with Crippen LogP contribution in [0.1, 0.15) is 39.5 Å². The molecule has 0 saturated heterocycles. The fourth-order valence-corrected chi connectivity index (χ4v) is 1.12. The lowest BCUT2D eigenvalue weighted by Gasteiger charge is -2.05. The Bertz CT molecular complexity index is 135. The maximum absolute atomic E-state index is 10.1. The summed E-state index contributed by atoms with van der Waals surface area (Å²) in [6.07, 6.45) is 3.44. The molecule has 0 aromatic heterocycles. The van der Waals surface area contributed by atoms with Crippen LogP contribution in [0.15, 0.2) is 0 Å². The molecule has 0 unspecified atom stereocenters. The first kappa shape index (κ1) is 12.4. The minimum absolute atomic E-state index is 0.275. The Hall–Kier alpha value is -0.570. The van der Waals surface area contributed by atoms with Gasteiger partial charge >= 0.3 is 5.97 Å². The molecule has 3 heteroatoms. The van der Waals surface area contributed by atoms with Gasteiger partial charge in [0.1, 0.15) is 0 Å². The molecule has 0 aromatic rings. The molecule has 0 saturated carbocycles. The highest BCUT2D eigenvalue weighted by Gasteiger charge is 1.96. The van der Waals surface area contributed by atoms with Gasteiger partial charge in [-0.25, -0.2) is 0 Å². The molecule has 78 valence electrons. The second-order valence-corrected chi connectivity index (χ2v) is 3.78. The lowest BCUT2D eigenvalue weighted by Crippen LogP contribution is -2.17. The molecule has 0 aromatic carbocycles. The first-order valence-electron chi connectivity index (χ1n) is 5.05. The zero-order valence-electron chi connectivity index (χ0n) is 8.68. The van der Waals surface area contributed by atoms with Crippen LogP contribution in [0, 0.1) is 5.92 Å².